The largest absolute Gasteiger partial charge is 0.462 e. The molecule has 1 saturated heterocycles. The third kappa shape index (κ3) is 3.83. The monoisotopic (exact) mass is 253 g/mol. The van der Waals surface area contributed by atoms with Crippen molar-refractivity contribution in [3.8, 4) is 0 Å². The lowest BCUT2D eigenvalue weighted by Crippen LogP contribution is -2.24. The van der Waals surface area contributed by atoms with Crippen LogP contribution in [0.1, 0.15) is 36.3 Å². The van der Waals surface area contributed by atoms with Crippen LogP contribution in [0.4, 0.5) is 0 Å². The number of hydrogen-bond acceptors (Lipinski definition) is 4. The first-order chi connectivity index (χ1) is 8.79. The Hall–Kier alpha value is -0.840. The number of rotatable bonds is 6. The van der Waals surface area contributed by atoms with Crippen molar-refractivity contribution in [2.75, 3.05) is 20.3 Å². The first-order valence-corrected chi connectivity index (χ1v) is 6.71. The SMILES string of the molecule is CNCc1oc(COCC2CCCCO2)cc1C. The minimum Gasteiger partial charge on any atom is -0.462 e. The van der Waals surface area contributed by atoms with Crippen molar-refractivity contribution in [1.29, 1.82) is 0 Å². The molecule has 0 saturated carbocycles. The summed E-state index contributed by atoms with van der Waals surface area (Å²) >= 11 is 0. The van der Waals surface area contributed by atoms with Crippen LogP contribution in [0.15, 0.2) is 10.5 Å². The first kappa shape index (κ1) is 13.6. The van der Waals surface area contributed by atoms with Crippen LogP contribution in [0.25, 0.3) is 0 Å². The topological polar surface area (TPSA) is 43.6 Å². The zero-order chi connectivity index (χ0) is 12.8. The van der Waals surface area contributed by atoms with Crippen LogP contribution in [0.2, 0.25) is 0 Å². The van der Waals surface area contributed by atoms with Gasteiger partial charge in [0.15, 0.2) is 0 Å². The molecule has 1 unspecified atom stereocenters. The van der Waals surface area contributed by atoms with Gasteiger partial charge in [-0.15, -0.1) is 0 Å². The number of ether oxygens (including phenoxy) is 2. The van der Waals surface area contributed by atoms with Gasteiger partial charge in [0.1, 0.15) is 18.1 Å². The summed E-state index contributed by atoms with van der Waals surface area (Å²) in [4.78, 5) is 0. The molecule has 1 aliphatic heterocycles. The van der Waals surface area contributed by atoms with E-state index in [4.69, 9.17) is 13.9 Å². The Balaban J connectivity index is 1.73. The molecule has 1 N–H and O–H groups in total. The average molecular weight is 253 g/mol. The Morgan fingerprint density at radius 2 is 2.33 bits per heavy atom. The highest BCUT2D eigenvalue weighted by Crippen LogP contribution is 2.17. The van der Waals surface area contributed by atoms with E-state index in [9.17, 15) is 0 Å². The van der Waals surface area contributed by atoms with E-state index in [0.29, 0.717) is 13.2 Å². The Morgan fingerprint density at radius 1 is 1.44 bits per heavy atom. The lowest BCUT2D eigenvalue weighted by Gasteiger charge is -2.22. The molecule has 2 heterocycles. The second-order valence-corrected chi connectivity index (χ2v) is 4.85. The van der Waals surface area contributed by atoms with Gasteiger partial charge in [0.05, 0.1) is 19.3 Å². The first-order valence-electron chi connectivity index (χ1n) is 6.71. The molecule has 0 amide bonds. The maximum Gasteiger partial charge on any atom is 0.130 e. The van der Waals surface area contributed by atoms with Gasteiger partial charge in [-0.3, -0.25) is 0 Å². The summed E-state index contributed by atoms with van der Waals surface area (Å²) in [5.41, 5.74) is 1.18. The normalized spacial score (nSPS) is 20.2. The van der Waals surface area contributed by atoms with Gasteiger partial charge in [0.2, 0.25) is 0 Å². The van der Waals surface area contributed by atoms with Gasteiger partial charge in [0, 0.05) is 6.61 Å². The van der Waals surface area contributed by atoms with Crippen molar-refractivity contribution in [3.05, 3.63) is 23.2 Å². The van der Waals surface area contributed by atoms with Crippen LogP contribution in [-0.2, 0) is 22.6 Å². The minimum atomic E-state index is 0.270. The van der Waals surface area contributed by atoms with Crippen molar-refractivity contribution >= 4 is 0 Å². The molecule has 4 heteroatoms. The van der Waals surface area contributed by atoms with Crippen LogP contribution in [0, 0.1) is 6.92 Å². The standard InChI is InChI=1S/C14H23NO3/c1-11-7-13(18-14(11)8-15-2)10-16-9-12-5-3-4-6-17-12/h7,12,15H,3-6,8-10H2,1-2H3. The lowest BCUT2D eigenvalue weighted by molar-refractivity contribution is -0.0473. The fourth-order valence-corrected chi connectivity index (χ4v) is 2.23. The van der Waals surface area contributed by atoms with Gasteiger partial charge in [-0.05, 0) is 44.9 Å². The fraction of sp³-hybridized carbons (Fsp3) is 0.714. The number of furan rings is 1. The quantitative estimate of drug-likeness (QED) is 0.845. The highest BCUT2D eigenvalue weighted by Gasteiger charge is 2.14. The predicted octanol–water partition coefficient (Wildman–Crippen LogP) is 2.39. The molecule has 4 nitrogen and oxygen atoms in total. The van der Waals surface area contributed by atoms with E-state index in [1.54, 1.807) is 0 Å². The number of aryl methyl sites for hydroxylation is 1. The highest BCUT2D eigenvalue weighted by atomic mass is 16.5. The Morgan fingerprint density at radius 3 is 3.06 bits per heavy atom. The van der Waals surface area contributed by atoms with Crippen LogP contribution >= 0.6 is 0 Å². The zero-order valence-corrected chi connectivity index (χ0v) is 11.3. The maximum absolute atomic E-state index is 5.72. The molecule has 0 aliphatic carbocycles. The Labute approximate surface area is 109 Å². The second kappa shape index (κ2) is 6.92. The van der Waals surface area contributed by atoms with Crippen LogP contribution < -0.4 is 5.32 Å². The van der Waals surface area contributed by atoms with Gasteiger partial charge < -0.3 is 19.2 Å². The molecule has 0 aromatic carbocycles. The highest BCUT2D eigenvalue weighted by molar-refractivity contribution is 5.19. The summed E-state index contributed by atoms with van der Waals surface area (Å²) in [5, 5.41) is 3.09. The van der Waals surface area contributed by atoms with E-state index in [1.165, 1.54) is 18.4 Å². The van der Waals surface area contributed by atoms with Crippen molar-refractivity contribution in [1.82, 2.24) is 5.32 Å². The molecule has 18 heavy (non-hydrogen) atoms. The summed E-state index contributed by atoms with van der Waals surface area (Å²) in [6, 6.07) is 2.05. The third-order valence-electron chi connectivity index (χ3n) is 3.23. The summed E-state index contributed by atoms with van der Waals surface area (Å²) in [6.07, 6.45) is 3.82. The molecule has 1 atom stereocenters. The van der Waals surface area contributed by atoms with Gasteiger partial charge in [-0.25, -0.2) is 0 Å². The van der Waals surface area contributed by atoms with E-state index in [0.717, 1.165) is 31.1 Å². The van der Waals surface area contributed by atoms with Crippen molar-refractivity contribution < 1.29 is 13.9 Å². The summed E-state index contributed by atoms with van der Waals surface area (Å²) in [5.74, 6) is 1.89. The van der Waals surface area contributed by atoms with Crippen LogP contribution in [0.5, 0.6) is 0 Å². The Kier molecular flexibility index (Phi) is 5.23. The van der Waals surface area contributed by atoms with Crippen molar-refractivity contribution in [2.45, 2.75) is 45.4 Å². The van der Waals surface area contributed by atoms with Gasteiger partial charge in [0.25, 0.3) is 0 Å². The Bertz CT molecular complexity index is 356. The fourth-order valence-electron chi connectivity index (χ4n) is 2.23. The molecule has 2 rings (SSSR count). The lowest BCUT2D eigenvalue weighted by atomic mass is 10.1. The molecule has 1 aromatic rings. The minimum absolute atomic E-state index is 0.270. The molecule has 102 valence electrons. The van der Waals surface area contributed by atoms with E-state index in [-0.39, 0.29) is 6.10 Å². The zero-order valence-electron chi connectivity index (χ0n) is 11.3. The van der Waals surface area contributed by atoms with E-state index < -0.39 is 0 Å². The van der Waals surface area contributed by atoms with Gasteiger partial charge >= 0.3 is 0 Å². The van der Waals surface area contributed by atoms with Crippen LogP contribution in [-0.4, -0.2) is 26.4 Å². The number of nitrogens with one attached hydrogen (secondary N) is 1. The van der Waals surface area contributed by atoms with Gasteiger partial charge in [-0.2, -0.15) is 0 Å². The van der Waals surface area contributed by atoms with E-state index >= 15 is 0 Å². The predicted molar refractivity (Wildman–Crippen MR) is 69.5 cm³/mol. The molecular weight excluding hydrogens is 230 g/mol. The molecule has 1 fully saturated rings. The van der Waals surface area contributed by atoms with Crippen molar-refractivity contribution in [3.63, 3.8) is 0 Å². The molecule has 0 radical (unpaired) electrons. The molecular formula is C14H23NO3. The molecule has 0 bridgehead atoms. The van der Waals surface area contributed by atoms with E-state index in [1.807, 2.05) is 7.05 Å². The second-order valence-electron chi connectivity index (χ2n) is 4.85. The molecule has 1 aliphatic rings. The third-order valence-corrected chi connectivity index (χ3v) is 3.23. The van der Waals surface area contributed by atoms with Crippen molar-refractivity contribution in [2.24, 2.45) is 0 Å². The summed E-state index contributed by atoms with van der Waals surface area (Å²) in [7, 11) is 1.92. The number of hydrogen-bond donors (Lipinski definition) is 1. The maximum atomic E-state index is 5.72. The molecule has 1 aromatic heterocycles. The van der Waals surface area contributed by atoms with Gasteiger partial charge in [-0.1, -0.05) is 0 Å². The summed E-state index contributed by atoms with van der Waals surface area (Å²) in [6.45, 7) is 4.90. The molecule has 0 spiro atoms. The van der Waals surface area contributed by atoms with Crippen LogP contribution in [0.3, 0.4) is 0 Å². The average Bonchev–Trinajstić information content (AvgIpc) is 2.72. The smallest absolute Gasteiger partial charge is 0.130 e. The summed E-state index contributed by atoms with van der Waals surface area (Å²) < 4.78 is 17.0. The van der Waals surface area contributed by atoms with E-state index in [2.05, 4.69) is 18.3 Å².